The first-order chi connectivity index (χ1) is 11.2. The largest absolute Gasteiger partial charge is 0.497 e. The van der Waals surface area contributed by atoms with Gasteiger partial charge in [0.15, 0.2) is 0 Å². The Bertz CT molecular complexity index is 481. The summed E-state index contributed by atoms with van der Waals surface area (Å²) in [5, 5.41) is 0. The van der Waals surface area contributed by atoms with Crippen LogP contribution >= 0.6 is 0 Å². The van der Waals surface area contributed by atoms with E-state index in [-0.39, 0.29) is 0 Å². The van der Waals surface area contributed by atoms with Gasteiger partial charge in [-0.1, -0.05) is 0 Å². The van der Waals surface area contributed by atoms with E-state index >= 15 is 0 Å². The lowest BCUT2D eigenvalue weighted by Gasteiger charge is -2.39. The van der Waals surface area contributed by atoms with Crippen LogP contribution in [-0.2, 0) is 4.74 Å². The molecule has 2 aliphatic rings. The maximum Gasteiger partial charge on any atom is 0.119 e. The summed E-state index contributed by atoms with van der Waals surface area (Å²) in [5.41, 5.74) is 1.31. The van der Waals surface area contributed by atoms with E-state index in [1.807, 2.05) is 0 Å². The van der Waals surface area contributed by atoms with Crippen LogP contribution in [0.3, 0.4) is 0 Å². The Balaban J connectivity index is 1.60. The summed E-state index contributed by atoms with van der Waals surface area (Å²) in [6.45, 7) is 9.02. The average molecular weight is 318 g/mol. The molecule has 0 saturated carbocycles. The number of hydrogen-bond acceptors (Lipinski definition) is 4. The zero-order valence-electron chi connectivity index (χ0n) is 14.7. The van der Waals surface area contributed by atoms with Crippen LogP contribution in [0.15, 0.2) is 24.3 Å². The molecule has 3 rings (SSSR count). The molecule has 0 amide bonds. The molecule has 2 saturated heterocycles. The molecule has 2 atom stereocenters. The van der Waals surface area contributed by atoms with Crippen LogP contribution in [0.4, 0.5) is 5.69 Å². The van der Waals surface area contributed by atoms with Gasteiger partial charge in [-0.2, -0.15) is 0 Å². The van der Waals surface area contributed by atoms with Gasteiger partial charge < -0.3 is 14.4 Å². The Morgan fingerprint density at radius 2 is 1.65 bits per heavy atom. The molecule has 0 bridgehead atoms. The second-order valence-corrected chi connectivity index (χ2v) is 6.96. The lowest BCUT2D eigenvalue weighted by atomic mass is 9.98. The van der Waals surface area contributed by atoms with Crippen LogP contribution < -0.4 is 9.64 Å². The van der Waals surface area contributed by atoms with Crippen molar-refractivity contribution in [3.63, 3.8) is 0 Å². The van der Waals surface area contributed by atoms with E-state index in [9.17, 15) is 0 Å². The zero-order valence-corrected chi connectivity index (χ0v) is 14.7. The third-order valence-electron chi connectivity index (χ3n) is 5.16. The minimum Gasteiger partial charge on any atom is -0.497 e. The summed E-state index contributed by atoms with van der Waals surface area (Å²) in [6.07, 6.45) is 4.36. The Morgan fingerprint density at radius 1 is 0.957 bits per heavy atom. The fraction of sp³-hybridized carbons (Fsp3) is 0.684. The predicted molar refractivity (Wildman–Crippen MR) is 94.4 cm³/mol. The topological polar surface area (TPSA) is 24.9 Å². The second kappa shape index (κ2) is 7.54. The predicted octanol–water partition coefficient (Wildman–Crippen LogP) is 3.16. The molecular formula is C19H30N2O2. The van der Waals surface area contributed by atoms with E-state index in [0.29, 0.717) is 18.2 Å². The number of rotatable bonds is 3. The highest BCUT2D eigenvalue weighted by atomic mass is 16.5. The fourth-order valence-corrected chi connectivity index (χ4v) is 4.02. The Labute approximate surface area is 140 Å². The summed E-state index contributed by atoms with van der Waals surface area (Å²) in [6, 6.07) is 9.14. The van der Waals surface area contributed by atoms with E-state index in [1.54, 1.807) is 7.11 Å². The first-order valence-corrected chi connectivity index (χ1v) is 8.94. The quantitative estimate of drug-likeness (QED) is 0.855. The highest BCUT2D eigenvalue weighted by Gasteiger charge is 2.29. The molecule has 0 N–H and O–H groups in total. The molecule has 4 heteroatoms. The van der Waals surface area contributed by atoms with Crippen molar-refractivity contribution in [1.29, 1.82) is 0 Å². The van der Waals surface area contributed by atoms with E-state index in [4.69, 9.17) is 9.47 Å². The van der Waals surface area contributed by atoms with E-state index in [0.717, 1.165) is 25.4 Å². The standard InChI is InChI=1S/C19H30N2O2/c1-15-13-18(14-16(2)23-15)21-10-4-9-20(11-12-21)17-5-7-19(22-3)8-6-17/h5-8,15-16,18H,4,9-14H2,1-3H3/t15-,16-/m0/s1. The maximum absolute atomic E-state index is 5.90. The summed E-state index contributed by atoms with van der Waals surface area (Å²) in [7, 11) is 1.72. The third-order valence-corrected chi connectivity index (χ3v) is 5.16. The molecule has 4 nitrogen and oxygen atoms in total. The van der Waals surface area contributed by atoms with Gasteiger partial charge in [0.05, 0.1) is 19.3 Å². The van der Waals surface area contributed by atoms with Gasteiger partial charge in [-0.05, 0) is 57.4 Å². The van der Waals surface area contributed by atoms with E-state index in [2.05, 4.69) is 47.9 Å². The van der Waals surface area contributed by atoms with Crippen molar-refractivity contribution in [2.45, 2.75) is 51.4 Å². The molecule has 1 aromatic carbocycles. The SMILES string of the molecule is COc1ccc(N2CCCN(C3C[C@H](C)O[C@@H](C)C3)CC2)cc1. The van der Waals surface area contributed by atoms with Crippen molar-refractivity contribution in [3.8, 4) is 5.75 Å². The van der Waals surface area contributed by atoms with Crippen LogP contribution in [-0.4, -0.2) is 56.4 Å². The smallest absolute Gasteiger partial charge is 0.119 e. The van der Waals surface area contributed by atoms with Crippen molar-refractivity contribution in [2.24, 2.45) is 0 Å². The molecular weight excluding hydrogens is 288 g/mol. The lowest BCUT2D eigenvalue weighted by molar-refractivity contribution is -0.0641. The van der Waals surface area contributed by atoms with Gasteiger partial charge in [-0.3, -0.25) is 4.90 Å². The van der Waals surface area contributed by atoms with Gasteiger partial charge >= 0.3 is 0 Å². The molecule has 2 aliphatic heterocycles. The Morgan fingerprint density at radius 3 is 2.30 bits per heavy atom. The lowest BCUT2D eigenvalue weighted by Crippen LogP contribution is -2.45. The van der Waals surface area contributed by atoms with Crippen LogP contribution in [0.1, 0.15) is 33.1 Å². The van der Waals surface area contributed by atoms with Crippen LogP contribution in [0, 0.1) is 0 Å². The molecule has 128 valence electrons. The van der Waals surface area contributed by atoms with Gasteiger partial charge in [0.25, 0.3) is 0 Å². The molecule has 0 aromatic heterocycles. The number of benzene rings is 1. The fourth-order valence-electron chi connectivity index (χ4n) is 4.02. The molecule has 0 radical (unpaired) electrons. The van der Waals surface area contributed by atoms with Gasteiger partial charge in [0.1, 0.15) is 5.75 Å². The molecule has 0 unspecified atom stereocenters. The van der Waals surface area contributed by atoms with Crippen LogP contribution in [0.2, 0.25) is 0 Å². The summed E-state index contributed by atoms with van der Waals surface area (Å²) in [5.74, 6) is 0.926. The Hall–Kier alpha value is -1.26. The van der Waals surface area contributed by atoms with Crippen molar-refractivity contribution in [2.75, 3.05) is 38.2 Å². The maximum atomic E-state index is 5.90. The van der Waals surface area contributed by atoms with Crippen molar-refractivity contribution >= 4 is 5.69 Å². The van der Waals surface area contributed by atoms with Gasteiger partial charge in [-0.25, -0.2) is 0 Å². The van der Waals surface area contributed by atoms with Gasteiger partial charge in [0, 0.05) is 37.9 Å². The normalized spacial score (nSPS) is 30.0. The summed E-state index contributed by atoms with van der Waals surface area (Å²) in [4.78, 5) is 5.20. The molecule has 2 heterocycles. The minimum absolute atomic E-state index is 0.393. The monoisotopic (exact) mass is 318 g/mol. The number of methoxy groups -OCH3 is 1. The molecule has 23 heavy (non-hydrogen) atoms. The number of ether oxygens (including phenoxy) is 2. The summed E-state index contributed by atoms with van der Waals surface area (Å²) < 4.78 is 11.2. The van der Waals surface area contributed by atoms with Crippen molar-refractivity contribution in [3.05, 3.63) is 24.3 Å². The number of hydrogen-bond donors (Lipinski definition) is 0. The van der Waals surface area contributed by atoms with Crippen LogP contribution in [0.25, 0.3) is 0 Å². The molecule has 1 aromatic rings. The second-order valence-electron chi connectivity index (χ2n) is 6.96. The van der Waals surface area contributed by atoms with Crippen molar-refractivity contribution < 1.29 is 9.47 Å². The number of anilines is 1. The number of nitrogens with zero attached hydrogens (tertiary/aromatic N) is 2. The molecule has 2 fully saturated rings. The zero-order chi connectivity index (χ0) is 16.2. The van der Waals surface area contributed by atoms with E-state index < -0.39 is 0 Å². The third kappa shape index (κ3) is 4.18. The average Bonchev–Trinajstić information content (AvgIpc) is 2.80. The summed E-state index contributed by atoms with van der Waals surface area (Å²) >= 11 is 0. The molecule has 0 aliphatic carbocycles. The highest BCUT2D eigenvalue weighted by Crippen LogP contribution is 2.26. The van der Waals surface area contributed by atoms with E-state index in [1.165, 1.54) is 31.5 Å². The first kappa shape index (κ1) is 16.6. The van der Waals surface area contributed by atoms with Gasteiger partial charge in [0.2, 0.25) is 0 Å². The van der Waals surface area contributed by atoms with Crippen LogP contribution in [0.5, 0.6) is 5.75 Å². The Kier molecular flexibility index (Phi) is 5.44. The highest BCUT2D eigenvalue weighted by molar-refractivity contribution is 5.49. The first-order valence-electron chi connectivity index (χ1n) is 8.94. The van der Waals surface area contributed by atoms with Gasteiger partial charge in [-0.15, -0.1) is 0 Å². The van der Waals surface area contributed by atoms with Crippen molar-refractivity contribution in [1.82, 2.24) is 4.90 Å². The molecule has 0 spiro atoms. The minimum atomic E-state index is 0.393.